The van der Waals surface area contributed by atoms with Gasteiger partial charge in [0.05, 0.1) is 0 Å². The Morgan fingerprint density at radius 2 is 1.83 bits per heavy atom. The molecule has 0 radical (unpaired) electrons. The van der Waals surface area contributed by atoms with E-state index in [0.717, 1.165) is 13.0 Å². The third-order valence-electron chi connectivity index (χ3n) is 3.44. The van der Waals surface area contributed by atoms with Gasteiger partial charge in [0.2, 0.25) is 0 Å². The lowest BCUT2D eigenvalue weighted by Crippen LogP contribution is -2.38. The van der Waals surface area contributed by atoms with E-state index in [2.05, 4.69) is 51.1 Å². The molecule has 0 bridgehead atoms. The summed E-state index contributed by atoms with van der Waals surface area (Å²) in [6.45, 7) is 12.4. The summed E-state index contributed by atoms with van der Waals surface area (Å²) in [5.74, 6) is 0. The van der Waals surface area contributed by atoms with Crippen LogP contribution in [0.15, 0.2) is 12.3 Å². The van der Waals surface area contributed by atoms with Crippen molar-refractivity contribution in [2.45, 2.75) is 59.4 Å². The van der Waals surface area contributed by atoms with E-state index in [-0.39, 0.29) is 5.54 Å². The zero-order valence-electron chi connectivity index (χ0n) is 12.9. The highest BCUT2D eigenvalue weighted by atomic mass is 15.2. The molecule has 1 aromatic rings. The highest BCUT2D eigenvalue weighted by molar-refractivity contribution is 5.00. The average molecular weight is 251 g/mol. The second-order valence-corrected chi connectivity index (χ2v) is 7.04. The molecule has 0 saturated heterocycles. The summed E-state index contributed by atoms with van der Waals surface area (Å²) in [7, 11) is 2.02. The minimum absolute atomic E-state index is 0.220. The largest absolute Gasteiger partial charge is 0.312 e. The third-order valence-corrected chi connectivity index (χ3v) is 3.44. The van der Waals surface area contributed by atoms with Crippen molar-refractivity contribution in [1.29, 1.82) is 0 Å². The molecular formula is C15H29N3. The number of nitrogens with one attached hydrogen (secondary N) is 1. The summed E-state index contributed by atoms with van der Waals surface area (Å²) in [4.78, 5) is 0. The zero-order chi connectivity index (χ0) is 13.8. The molecule has 104 valence electrons. The average Bonchev–Trinajstić information content (AvgIpc) is 2.59. The van der Waals surface area contributed by atoms with Gasteiger partial charge in [-0.15, -0.1) is 0 Å². The lowest BCUT2D eigenvalue weighted by molar-refractivity contribution is 0.282. The van der Waals surface area contributed by atoms with E-state index in [1.54, 1.807) is 0 Å². The Bertz CT molecular complexity index is 358. The lowest BCUT2D eigenvalue weighted by Gasteiger charge is -2.28. The van der Waals surface area contributed by atoms with Crippen LogP contribution in [-0.2, 0) is 13.5 Å². The minimum atomic E-state index is 0.220. The smallest absolute Gasteiger partial charge is 0.0492 e. The second kappa shape index (κ2) is 5.87. The van der Waals surface area contributed by atoms with E-state index in [4.69, 9.17) is 0 Å². The van der Waals surface area contributed by atoms with E-state index in [1.807, 2.05) is 17.9 Å². The van der Waals surface area contributed by atoms with Crippen LogP contribution in [0.2, 0.25) is 0 Å². The molecule has 0 unspecified atom stereocenters. The van der Waals surface area contributed by atoms with Crippen LogP contribution in [0.25, 0.3) is 0 Å². The van der Waals surface area contributed by atoms with Crippen molar-refractivity contribution in [3.8, 4) is 0 Å². The van der Waals surface area contributed by atoms with Gasteiger partial charge in [0.25, 0.3) is 0 Å². The molecule has 0 fully saturated rings. The van der Waals surface area contributed by atoms with Crippen molar-refractivity contribution in [2.24, 2.45) is 12.5 Å². The third kappa shape index (κ3) is 5.67. The predicted octanol–water partition coefficient (Wildman–Crippen LogP) is 3.16. The maximum atomic E-state index is 4.22. The fourth-order valence-corrected chi connectivity index (χ4v) is 2.01. The first-order valence-electron chi connectivity index (χ1n) is 6.92. The quantitative estimate of drug-likeness (QED) is 0.841. The standard InChI is InChI=1S/C15H29N3/c1-14(2,3)16-12-10-15(4,5)9-7-13-8-11-17-18(13)6/h8,11,16H,7,9-10,12H2,1-6H3. The van der Waals surface area contributed by atoms with Crippen LogP contribution in [0.4, 0.5) is 0 Å². The summed E-state index contributed by atoms with van der Waals surface area (Å²) in [6, 6.07) is 2.11. The molecule has 0 aromatic carbocycles. The number of hydrogen-bond donors (Lipinski definition) is 1. The van der Waals surface area contributed by atoms with Crippen molar-refractivity contribution in [2.75, 3.05) is 6.54 Å². The monoisotopic (exact) mass is 251 g/mol. The van der Waals surface area contributed by atoms with Gasteiger partial charge < -0.3 is 5.32 Å². The molecule has 0 aliphatic heterocycles. The van der Waals surface area contributed by atoms with Crippen LogP contribution in [0, 0.1) is 5.41 Å². The first-order valence-corrected chi connectivity index (χ1v) is 6.92. The Labute approximate surface area is 112 Å². The van der Waals surface area contributed by atoms with E-state index < -0.39 is 0 Å². The minimum Gasteiger partial charge on any atom is -0.312 e. The number of aromatic nitrogens is 2. The molecule has 0 aliphatic rings. The highest BCUT2D eigenvalue weighted by Gasteiger charge is 2.19. The van der Waals surface area contributed by atoms with Crippen molar-refractivity contribution in [3.05, 3.63) is 18.0 Å². The summed E-state index contributed by atoms with van der Waals surface area (Å²) < 4.78 is 1.98. The first kappa shape index (κ1) is 15.2. The molecule has 18 heavy (non-hydrogen) atoms. The number of rotatable bonds is 6. The normalized spacial score (nSPS) is 13.0. The Kier molecular flexibility index (Phi) is 4.97. The van der Waals surface area contributed by atoms with Gasteiger partial charge in [-0.3, -0.25) is 4.68 Å². The van der Waals surface area contributed by atoms with E-state index in [1.165, 1.54) is 18.5 Å². The molecule has 0 amide bonds. The summed E-state index contributed by atoms with van der Waals surface area (Å²) in [6.07, 6.45) is 5.41. The van der Waals surface area contributed by atoms with Crippen molar-refractivity contribution in [3.63, 3.8) is 0 Å². The molecule has 1 heterocycles. The Morgan fingerprint density at radius 3 is 2.33 bits per heavy atom. The van der Waals surface area contributed by atoms with Crippen LogP contribution in [0.1, 0.15) is 53.2 Å². The Balaban J connectivity index is 2.33. The molecule has 0 aliphatic carbocycles. The van der Waals surface area contributed by atoms with Gasteiger partial charge in [0.15, 0.2) is 0 Å². The first-order chi connectivity index (χ1) is 8.20. The molecular weight excluding hydrogens is 222 g/mol. The fourth-order valence-electron chi connectivity index (χ4n) is 2.01. The van der Waals surface area contributed by atoms with E-state index >= 15 is 0 Å². The Morgan fingerprint density at radius 1 is 1.17 bits per heavy atom. The van der Waals surface area contributed by atoms with Gasteiger partial charge in [0, 0.05) is 24.5 Å². The molecule has 3 heteroatoms. The topological polar surface area (TPSA) is 29.9 Å². The van der Waals surface area contributed by atoms with Crippen molar-refractivity contribution in [1.82, 2.24) is 15.1 Å². The van der Waals surface area contributed by atoms with E-state index in [9.17, 15) is 0 Å². The summed E-state index contributed by atoms with van der Waals surface area (Å²) in [5, 5.41) is 7.78. The maximum Gasteiger partial charge on any atom is 0.0492 e. The maximum absolute atomic E-state index is 4.22. The zero-order valence-corrected chi connectivity index (χ0v) is 12.9. The SMILES string of the molecule is Cn1nccc1CCC(C)(C)CCNC(C)(C)C. The summed E-state index contributed by atoms with van der Waals surface area (Å²) in [5.41, 5.74) is 1.92. The predicted molar refractivity (Wildman–Crippen MR) is 77.7 cm³/mol. The molecule has 1 rings (SSSR count). The van der Waals surface area contributed by atoms with Gasteiger partial charge in [-0.25, -0.2) is 0 Å². The number of nitrogens with zero attached hydrogens (tertiary/aromatic N) is 2. The molecule has 1 aromatic heterocycles. The van der Waals surface area contributed by atoms with Gasteiger partial charge in [0.1, 0.15) is 0 Å². The van der Waals surface area contributed by atoms with Gasteiger partial charge >= 0.3 is 0 Å². The highest BCUT2D eigenvalue weighted by Crippen LogP contribution is 2.26. The fraction of sp³-hybridized carbons (Fsp3) is 0.800. The van der Waals surface area contributed by atoms with Gasteiger partial charge in [-0.1, -0.05) is 13.8 Å². The molecule has 0 saturated carbocycles. The van der Waals surface area contributed by atoms with Crippen LogP contribution in [0.5, 0.6) is 0 Å². The van der Waals surface area contributed by atoms with Crippen LogP contribution in [0.3, 0.4) is 0 Å². The van der Waals surface area contributed by atoms with Crippen LogP contribution >= 0.6 is 0 Å². The van der Waals surface area contributed by atoms with Crippen LogP contribution in [-0.4, -0.2) is 21.9 Å². The Hall–Kier alpha value is -0.830. The van der Waals surface area contributed by atoms with Gasteiger partial charge in [-0.2, -0.15) is 5.10 Å². The molecule has 1 N–H and O–H groups in total. The number of hydrogen-bond acceptors (Lipinski definition) is 2. The summed E-state index contributed by atoms with van der Waals surface area (Å²) >= 11 is 0. The molecule has 0 spiro atoms. The van der Waals surface area contributed by atoms with E-state index in [0.29, 0.717) is 5.41 Å². The van der Waals surface area contributed by atoms with Gasteiger partial charge in [-0.05, 0) is 58.1 Å². The number of aryl methyl sites for hydroxylation is 2. The lowest BCUT2D eigenvalue weighted by atomic mass is 9.83. The van der Waals surface area contributed by atoms with Crippen LogP contribution < -0.4 is 5.32 Å². The molecule has 3 nitrogen and oxygen atoms in total. The van der Waals surface area contributed by atoms with Crippen molar-refractivity contribution < 1.29 is 0 Å². The second-order valence-electron chi connectivity index (χ2n) is 7.04. The van der Waals surface area contributed by atoms with Crippen molar-refractivity contribution >= 4 is 0 Å². The molecule has 0 atom stereocenters.